The predicted molar refractivity (Wildman–Crippen MR) is 50.3 cm³/mol. The van der Waals surface area contributed by atoms with Crippen LogP contribution in [0.25, 0.3) is 0 Å². The second kappa shape index (κ2) is 3.46. The highest BCUT2D eigenvalue weighted by atomic mass is 16.5. The Hall–Kier alpha value is -0.890. The standard InChI is InChI=1S/C11H14O2/c1-2-10(12)7-13-11-6-8-3-4-9(11)5-8/h2-4,8-9,11H,1,5-7H2. The van der Waals surface area contributed by atoms with E-state index in [4.69, 9.17) is 4.74 Å². The topological polar surface area (TPSA) is 26.3 Å². The van der Waals surface area contributed by atoms with Gasteiger partial charge in [-0.15, -0.1) is 0 Å². The maximum absolute atomic E-state index is 10.9. The molecule has 0 heterocycles. The quantitative estimate of drug-likeness (QED) is 0.484. The Morgan fingerprint density at radius 3 is 2.92 bits per heavy atom. The molecule has 2 nitrogen and oxygen atoms in total. The maximum atomic E-state index is 10.9. The van der Waals surface area contributed by atoms with Crippen molar-refractivity contribution in [2.45, 2.75) is 18.9 Å². The van der Waals surface area contributed by atoms with Gasteiger partial charge in [0.1, 0.15) is 6.61 Å². The molecule has 2 aliphatic carbocycles. The number of fused-ring (bicyclic) bond motifs is 2. The Bertz CT molecular complexity index is 255. The number of carbonyl (C=O) groups is 1. The average molecular weight is 178 g/mol. The minimum atomic E-state index is -0.0215. The molecular formula is C11H14O2. The number of allylic oxidation sites excluding steroid dienone is 1. The highest BCUT2D eigenvalue weighted by molar-refractivity contribution is 5.90. The van der Waals surface area contributed by atoms with E-state index in [0.717, 1.165) is 6.42 Å². The molecule has 3 unspecified atom stereocenters. The number of hydrogen-bond donors (Lipinski definition) is 0. The van der Waals surface area contributed by atoms with Gasteiger partial charge in [0.25, 0.3) is 0 Å². The van der Waals surface area contributed by atoms with Crippen LogP contribution in [0.4, 0.5) is 0 Å². The summed E-state index contributed by atoms with van der Waals surface area (Å²) in [5, 5.41) is 0. The van der Waals surface area contributed by atoms with Crippen LogP contribution in [-0.2, 0) is 9.53 Å². The summed E-state index contributed by atoms with van der Waals surface area (Å²) in [4.78, 5) is 10.9. The third-order valence-corrected chi connectivity index (χ3v) is 2.89. The summed E-state index contributed by atoms with van der Waals surface area (Å²) in [5.74, 6) is 1.24. The van der Waals surface area contributed by atoms with E-state index >= 15 is 0 Å². The van der Waals surface area contributed by atoms with E-state index < -0.39 is 0 Å². The van der Waals surface area contributed by atoms with E-state index in [0.29, 0.717) is 11.8 Å². The van der Waals surface area contributed by atoms with Gasteiger partial charge in [-0.25, -0.2) is 0 Å². The largest absolute Gasteiger partial charge is 0.369 e. The summed E-state index contributed by atoms with van der Waals surface area (Å²) in [5.41, 5.74) is 0. The van der Waals surface area contributed by atoms with E-state index in [-0.39, 0.29) is 18.5 Å². The van der Waals surface area contributed by atoms with Crippen LogP contribution in [0.1, 0.15) is 12.8 Å². The van der Waals surface area contributed by atoms with E-state index in [1.807, 2.05) is 0 Å². The second-order valence-electron chi connectivity index (χ2n) is 3.80. The van der Waals surface area contributed by atoms with E-state index in [1.54, 1.807) is 0 Å². The van der Waals surface area contributed by atoms with Gasteiger partial charge >= 0.3 is 0 Å². The first-order chi connectivity index (χ1) is 6.29. The molecule has 2 bridgehead atoms. The minimum absolute atomic E-state index is 0.0215. The zero-order chi connectivity index (χ0) is 9.26. The smallest absolute Gasteiger partial charge is 0.180 e. The van der Waals surface area contributed by atoms with Crippen molar-refractivity contribution in [1.29, 1.82) is 0 Å². The molecule has 0 radical (unpaired) electrons. The fourth-order valence-electron chi connectivity index (χ4n) is 2.17. The van der Waals surface area contributed by atoms with Crippen LogP contribution < -0.4 is 0 Å². The third kappa shape index (κ3) is 1.73. The van der Waals surface area contributed by atoms with Gasteiger partial charge in [-0.2, -0.15) is 0 Å². The van der Waals surface area contributed by atoms with Crippen molar-refractivity contribution in [1.82, 2.24) is 0 Å². The predicted octanol–water partition coefficient (Wildman–Crippen LogP) is 1.72. The SMILES string of the molecule is C=CC(=O)COC1CC2C=CC1C2. The van der Waals surface area contributed by atoms with Crippen molar-refractivity contribution >= 4 is 5.78 Å². The van der Waals surface area contributed by atoms with Crippen LogP contribution in [0, 0.1) is 11.8 Å². The number of rotatable bonds is 4. The molecule has 3 atom stereocenters. The summed E-state index contributed by atoms with van der Waals surface area (Å²) in [6.07, 6.45) is 8.39. The molecule has 0 aliphatic heterocycles. The molecule has 70 valence electrons. The highest BCUT2D eigenvalue weighted by Crippen LogP contribution is 2.40. The molecule has 1 fully saturated rings. The van der Waals surface area contributed by atoms with E-state index in [9.17, 15) is 4.79 Å². The Kier molecular flexibility index (Phi) is 2.32. The van der Waals surface area contributed by atoms with Gasteiger partial charge in [0, 0.05) is 5.92 Å². The summed E-state index contributed by atoms with van der Waals surface area (Å²) in [7, 11) is 0. The van der Waals surface area contributed by atoms with Gasteiger partial charge in [-0.3, -0.25) is 4.79 Å². The molecule has 2 rings (SSSR count). The van der Waals surface area contributed by atoms with Crippen LogP contribution in [0.15, 0.2) is 24.8 Å². The Morgan fingerprint density at radius 1 is 1.54 bits per heavy atom. The van der Waals surface area contributed by atoms with Gasteiger partial charge in [0.2, 0.25) is 0 Å². The molecule has 2 heteroatoms. The first-order valence-corrected chi connectivity index (χ1v) is 4.75. The molecule has 0 aromatic carbocycles. The lowest BCUT2D eigenvalue weighted by molar-refractivity contribution is -0.121. The number of ketones is 1. The zero-order valence-electron chi connectivity index (χ0n) is 7.61. The fourth-order valence-corrected chi connectivity index (χ4v) is 2.17. The van der Waals surface area contributed by atoms with Crippen molar-refractivity contribution in [3.63, 3.8) is 0 Å². The zero-order valence-corrected chi connectivity index (χ0v) is 7.61. The van der Waals surface area contributed by atoms with Gasteiger partial charge in [0.15, 0.2) is 5.78 Å². The van der Waals surface area contributed by atoms with Gasteiger partial charge < -0.3 is 4.74 Å². The van der Waals surface area contributed by atoms with Crippen molar-refractivity contribution in [2.75, 3.05) is 6.61 Å². The molecule has 0 amide bonds. The van der Waals surface area contributed by atoms with Crippen LogP contribution in [-0.4, -0.2) is 18.5 Å². The van der Waals surface area contributed by atoms with Crippen molar-refractivity contribution in [3.05, 3.63) is 24.8 Å². The van der Waals surface area contributed by atoms with Crippen molar-refractivity contribution in [2.24, 2.45) is 11.8 Å². The summed E-state index contributed by atoms with van der Waals surface area (Å²) in [6, 6.07) is 0. The molecule has 0 saturated heterocycles. The van der Waals surface area contributed by atoms with Crippen molar-refractivity contribution in [3.8, 4) is 0 Å². The first-order valence-electron chi connectivity index (χ1n) is 4.75. The van der Waals surface area contributed by atoms with Gasteiger partial charge in [-0.1, -0.05) is 18.7 Å². The van der Waals surface area contributed by atoms with Gasteiger partial charge in [0.05, 0.1) is 6.10 Å². The highest BCUT2D eigenvalue weighted by Gasteiger charge is 2.36. The van der Waals surface area contributed by atoms with E-state index in [2.05, 4.69) is 18.7 Å². The van der Waals surface area contributed by atoms with Crippen LogP contribution in [0.3, 0.4) is 0 Å². The molecule has 0 aromatic rings. The molecule has 0 aromatic heterocycles. The molecule has 2 aliphatic rings. The Morgan fingerprint density at radius 2 is 2.38 bits per heavy atom. The van der Waals surface area contributed by atoms with Crippen LogP contribution >= 0.6 is 0 Å². The summed E-state index contributed by atoms with van der Waals surface area (Å²) >= 11 is 0. The number of carbonyl (C=O) groups excluding carboxylic acids is 1. The normalized spacial score (nSPS) is 35.2. The molecule has 13 heavy (non-hydrogen) atoms. The fraction of sp³-hybridized carbons (Fsp3) is 0.545. The summed E-state index contributed by atoms with van der Waals surface area (Å²) < 4.78 is 5.52. The Balaban J connectivity index is 1.81. The minimum Gasteiger partial charge on any atom is -0.369 e. The maximum Gasteiger partial charge on any atom is 0.180 e. The second-order valence-corrected chi connectivity index (χ2v) is 3.80. The number of hydrogen-bond acceptors (Lipinski definition) is 2. The number of ether oxygens (including phenoxy) is 1. The molecule has 0 spiro atoms. The summed E-state index contributed by atoms with van der Waals surface area (Å²) in [6.45, 7) is 3.61. The molecule has 0 N–H and O–H groups in total. The average Bonchev–Trinajstić information content (AvgIpc) is 2.74. The molecule has 1 saturated carbocycles. The third-order valence-electron chi connectivity index (χ3n) is 2.89. The first kappa shape index (κ1) is 8.70. The van der Waals surface area contributed by atoms with E-state index in [1.165, 1.54) is 12.5 Å². The van der Waals surface area contributed by atoms with Gasteiger partial charge in [-0.05, 0) is 24.8 Å². The van der Waals surface area contributed by atoms with Crippen LogP contribution in [0.5, 0.6) is 0 Å². The lowest BCUT2D eigenvalue weighted by atomic mass is 10.0. The van der Waals surface area contributed by atoms with Crippen molar-refractivity contribution < 1.29 is 9.53 Å². The lowest BCUT2D eigenvalue weighted by Crippen LogP contribution is -2.21. The lowest BCUT2D eigenvalue weighted by Gasteiger charge is -2.17. The Labute approximate surface area is 78.3 Å². The molecular weight excluding hydrogens is 164 g/mol. The monoisotopic (exact) mass is 178 g/mol. The van der Waals surface area contributed by atoms with Crippen LogP contribution in [0.2, 0.25) is 0 Å².